The molecule has 0 heterocycles. The van der Waals surface area contributed by atoms with Crippen LogP contribution in [0.15, 0.2) is 22.7 Å². The fraction of sp³-hybridized carbons (Fsp3) is 0.182. The molecule has 4 nitrogen and oxygen atoms in total. The SMILES string of the molecule is COc1cc(Br)c(/C=C\C(N)=O)cc1OC. The number of benzene rings is 1. The molecule has 0 radical (unpaired) electrons. The molecule has 0 aliphatic heterocycles. The molecule has 0 atom stereocenters. The highest BCUT2D eigenvalue weighted by Gasteiger charge is 2.07. The lowest BCUT2D eigenvalue weighted by atomic mass is 10.2. The number of hydrogen-bond acceptors (Lipinski definition) is 3. The Morgan fingerprint density at radius 3 is 2.38 bits per heavy atom. The van der Waals surface area contributed by atoms with Crippen molar-refractivity contribution in [3.63, 3.8) is 0 Å². The van der Waals surface area contributed by atoms with E-state index in [2.05, 4.69) is 15.9 Å². The van der Waals surface area contributed by atoms with Crippen molar-refractivity contribution in [3.05, 3.63) is 28.2 Å². The lowest BCUT2D eigenvalue weighted by Crippen LogP contribution is -2.05. The highest BCUT2D eigenvalue weighted by Crippen LogP contribution is 2.33. The third-order valence-electron chi connectivity index (χ3n) is 1.93. The Morgan fingerprint density at radius 1 is 1.31 bits per heavy atom. The quantitative estimate of drug-likeness (QED) is 0.861. The van der Waals surface area contributed by atoms with Gasteiger partial charge < -0.3 is 15.2 Å². The van der Waals surface area contributed by atoms with E-state index >= 15 is 0 Å². The van der Waals surface area contributed by atoms with Gasteiger partial charge in [-0.25, -0.2) is 0 Å². The number of nitrogens with two attached hydrogens (primary N) is 1. The molecular formula is C11H12BrNO3. The van der Waals surface area contributed by atoms with E-state index in [1.165, 1.54) is 6.08 Å². The highest BCUT2D eigenvalue weighted by molar-refractivity contribution is 9.10. The molecule has 1 rings (SSSR count). The Kier molecular flexibility index (Phi) is 4.37. The summed E-state index contributed by atoms with van der Waals surface area (Å²) in [5, 5.41) is 0. The molecule has 16 heavy (non-hydrogen) atoms. The van der Waals surface area contributed by atoms with Crippen LogP contribution in [0, 0.1) is 0 Å². The number of hydrogen-bond donors (Lipinski definition) is 1. The predicted molar refractivity (Wildman–Crippen MR) is 65.5 cm³/mol. The van der Waals surface area contributed by atoms with Crippen molar-refractivity contribution in [3.8, 4) is 11.5 Å². The van der Waals surface area contributed by atoms with E-state index < -0.39 is 5.91 Å². The molecule has 2 N–H and O–H groups in total. The highest BCUT2D eigenvalue weighted by atomic mass is 79.9. The maximum absolute atomic E-state index is 10.6. The van der Waals surface area contributed by atoms with Gasteiger partial charge in [-0.1, -0.05) is 15.9 Å². The van der Waals surface area contributed by atoms with Crippen molar-refractivity contribution in [2.24, 2.45) is 5.73 Å². The smallest absolute Gasteiger partial charge is 0.241 e. The van der Waals surface area contributed by atoms with Crippen LogP contribution in [-0.4, -0.2) is 20.1 Å². The van der Waals surface area contributed by atoms with Crippen molar-refractivity contribution < 1.29 is 14.3 Å². The maximum atomic E-state index is 10.6. The van der Waals surface area contributed by atoms with Gasteiger partial charge >= 0.3 is 0 Å². The van der Waals surface area contributed by atoms with Crippen LogP contribution in [0.4, 0.5) is 0 Å². The topological polar surface area (TPSA) is 61.5 Å². The fourth-order valence-corrected chi connectivity index (χ4v) is 1.62. The van der Waals surface area contributed by atoms with E-state index in [1.54, 1.807) is 32.4 Å². The summed E-state index contributed by atoms with van der Waals surface area (Å²) in [6, 6.07) is 3.52. The van der Waals surface area contributed by atoms with Gasteiger partial charge in [0.1, 0.15) is 0 Å². The summed E-state index contributed by atoms with van der Waals surface area (Å²) in [7, 11) is 3.11. The average molecular weight is 286 g/mol. The van der Waals surface area contributed by atoms with Crippen LogP contribution in [0.25, 0.3) is 6.08 Å². The van der Waals surface area contributed by atoms with Crippen molar-refractivity contribution in [1.29, 1.82) is 0 Å². The zero-order chi connectivity index (χ0) is 12.1. The molecule has 0 saturated heterocycles. The number of amides is 1. The molecule has 0 aliphatic carbocycles. The number of carbonyl (C=O) groups excluding carboxylic acids is 1. The Morgan fingerprint density at radius 2 is 1.88 bits per heavy atom. The van der Waals surface area contributed by atoms with E-state index in [4.69, 9.17) is 15.2 Å². The Balaban J connectivity index is 3.16. The molecule has 5 heteroatoms. The van der Waals surface area contributed by atoms with Crippen LogP contribution < -0.4 is 15.2 Å². The molecule has 0 saturated carbocycles. The summed E-state index contributed by atoms with van der Waals surface area (Å²) in [6.07, 6.45) is 2.89. The third-order valence-corrected chi connectivity index (χ3v) is 2.62. The lowest BCUT2D eigenvalue weighted by molar-refractivity contribution is -0.113. The Hall–Kier alpha value is -1.49. The van der Waals surface area contributed by atoms with Crippen LogP contribution in [-0.2, 0) is 4.79 Å². The van der Waals surface area contributed by atoms with Crippen LogP contribution in [0.2, 0.25) is 0 Å². The maximum Gasteiger partial charge on any atom is 0.241 e. The van der Waals surface area contributed by atoms with Gasteiger partial charge in [0.15, 0.2) is 11.5 Å². The minimum absolute atomic E-state index is 0.498. The molecule has 1 aromatic rings. The van der Waals surface area contributed by atoms with Gasteiger partial charge in [-0.3, -0.25) is 4.79 Å². The molecule has 0 bridgehead atoms. The summed E-state index contributed by atoms with van der Waals surface area (Å²) in [6.45, 7) is 0. The molecule has 1 aromatic carbocycles. The van der Waals surface area contributed by atoms with Gasteiger partial charge in [0.25, 0.3) is 0 Å². The van der Waals surface area contributed by atoms with E-state index in [0.717, 1.165) is 10.0 Å². The van der Waals surface area contributed by atoms with Gasteiger partial charge in [0.2, 0.25) is 5.91 Å². The minimum Gasteiger partial charge on any atom is -0.493 e. The molecule has 0 unspecified atom stereocenters. The normalized spacial score (nSPS) is 10.4. The second-order valence-electron chi connectivity index (χ2n) is 2.96. The fourth-order valence-electron chi connectivity index (χ4n) is 1.17. The molecule has 0 fully saturated rings. The second kappa shape index (κ2) is 5.55. The number of ether oxygens (including phenoxy) is 2. The van der Waals surface area contributed by atoms with Crippen molar-refractivity contribution in [1.82, 2.24) is 0 Å². The Bertz CT molecular complexity index is 429. The molecule has 1 amide bonds. The predicted octanol–water partition coefficient (Wildman–Crippen LogP) is 1.96. The third kappa shape index (κ3) is 3.00. The first-order valence-electron chi connectivity index (χ1n) is 4.47. The van der Waals surface area contributed by atoms with E-state index in [1.807, 2.05) is 0 Å². The number of rotatable bonds is 4. The van der Waals surface area contributed by atoms with Crippen LogP contribution >= 0.6 is 15.9 Å². The zero-order valence-electron chi connectivity index (χ0n) is 8.99. The molecule has 0 aromatic heterocycles. The summed E-state index contributed by atoms with van der Waals surface area (Å²) in [5.74, 6) is 0.710. The summed E-state index contributed by atoms with van der Waals surface area (Å²) < 4.78 is 11.1. The van der Waals surface area contributed by atoms with Gasteiger partial charge in [0, 0.05) is 10.5 Å². The van der Waals surface area contributed by atoms with Crippen LogP contribution in [0.3, 0.4) is 0 Å². The monoisotopic (exact) mass is 285 g/mol. The van der Waals surface area contributed by atoms with Crippen molar-refractivity contribution in [2.75, 3.05) is 14.2 Å². The lowest BCUT2D eigenvalue weighted by Gasteiger charge is -2.09. The summed E-state index contributed by atoms with van der Waals surface area (Å²) >= 11 is 3.36. The zero-order valence-corrected chi connectivity index (χ0v) is 10.6. The standard InChI is InChI=1S/C11H12BrNO3/c1-15-9-5-7(3-4-11(13)14)8(12)6-10(9)16-2/h3-6H,1-2H3,(H2,13,14)/b4-3-. The molecule has 86 valence electrons. The van der Waals surface area contributed by atoms with E-state index in [9.17, 15) is 4.79 Å². The van der Waals surface area contributed by atoms with E-state index in [0.29, 0.717) is 11.5 Å². The number of halogens is 1. The van der Waals surface area contributed by atoms with Gasteiger partial charge in [-0.05, 0) is 23.8 Å². The summed E-state index contributed by atoms with van der Waals surface area (Å²) in [4.78, 5) is 10.6. The first kappa shape index (κ1) is 12.6. The van der Waals surface area contributed by atoms with Gasteiger partial charge in [0.05, 0.1) is 14.2 Å². The first-order valence-corrected chi connectivity index (χ1v) is 5.26. The molecular weight excluding hydrogens is 274 g/mol. The van der Waals surface area contributed by atoms with Crippen LogP contribution in [0.5, 0.6) is 11.5 Å². The average Bonchev–Trinajstić information content (AvgIpc) is 2.26. The van der Waals surface area contributed by atoms with Gasteiger partial charge in [-0.15, -0.1) is 0 Å². The Labute approximate surface area is 102 Å². The number of carbonyl (C=O) groups is 1. The largest absolute Gasteiger partial charge is 0.493 e. The number of primary amides is 1. The molecule has 0 aliphatic rings. The second-order valence-corrected chi connectivity index (χ2v) is 3.82. The first-order chi connectivity index (χ1) is 7.58. The van der Waals surface area contributed by atoms with E-state index in [-0.39, 0.29) is 0 Å². The van der Waals surface area contributed by atoms with Crippen molar-refractivity contribution >= 4 is 27.9 Å². The van der Waals surface area contributed by atoms with Gasteiger partial charge in [-0.2, -0.15) is 0 Å². The summed E-state index contributed by atoms with van der Waals surface area (Å²) in [5.41, 5.74) is 5.81. The number of methoxy groups -OCH3 is 2. The minimum atomic E-state index is -0.498. The van der Waals surface area contributed by atoms with Crippen molar-refractivity contribution in [2.45, 2.75) is 0 Å². The molecule has 0 spiro atoms. The van der Waals surface area contributed by atoms with Crippen LogP contribution in [0.1, 0.15) is 5.56 Å².